The van der Waals surface area contributed by atoms with Gasteiger partial charge in [0.15, 0.2) is 23.3 Å². The van der Waals surface area contributed by atoms with Crippen molar-refractivity contribution in [1.82, 2.24) is 5.32 Å². The first-order chi connectivity index (χ1) is 9.34. The van der Waals surface area contributed by atoms with Gasteiger partial charge in [0.05, 0.1) is 0 Å². The molecule has 1 aromatic rings. The van der Waals surface area contributed by atoms with Crippen LogP contribution < -0.4 is 10.6 Å². The highest BCUT2D eigenvalue weighted by Gasteiger charge is 2.27. The minimum atomic E-state index is -2.27. The molecule has 0 radical (unpaired) electrons. The maximum Gasteiger partial charge on any atom is 0.251 e. The zero-order valence-corrected chi connectivity index (χ0v) is 10.2. The van der Waals surface area contributed by atoms with Crippen LogP contribution in [0.25, 0.3) is 0 Å². The Kier molecular flexibility index (Phi) is 3.76. The van der Waals surface area contributed by atoms with Crippen molar-refractivity contribution in [2.45, 2.75) is 6.92 Å². The standard InChI is InChI=1S/C12H9F5N2O/c1-4(5-2-18-3-5)12(20)19-11-9(16)7(14)6(13)8(15)10(11)17/h18H,2-3H2,1H3,(H,19,20). The molecule has 0 saturated carbocycles. The Morgan fingerprint density at radius 1 is 0.950 bits per heavy atom. The molecule has 8 heteroatoms. The number of anilines is 1. The molecule has 108 valence electrons. The molecule has 1 fully saturated rings. The first-order valence-electron chi connectivity index (χ1n) is 5.56. The molecule has 1 saturated heterocycles. The molecule has 0 spiro atoms. The molecule has 2 N–H and O–H groups in total. The molecule has 0 atom stereocenters. The zero-order chi connectivity index (χ0) is 15.0. The fourth-order valence-electron chi connectivity index (χ4n) is 1.60. The Morgan fingerprint density at radius 2 is 1.40 bits per heavy atom. The second kappa shape index (κ2) is 5.20. The van der Waals surface area contributed by atoms with Crippen LogP contribution in [0.15, 0.2) is 11.1 Å². The van der Waals surface area contributed by atoms with Gasteiger partial charge in [-0.1, -0.05) is 0 Å². The van der Waals surface area contributed by atoms with E-state index in [4.69, 9.17) is 0 Å². The van der Waals surface area contributed by atoms with Gasteiger partial charge in [0.25, 0.3) is 5.91 Å². The molecule has 1 aliphatic heterocycles. The Morgan fingerprint density at radius 3 is 1.80 bits per heavy atom. The van der Waals surface area contributed by atoms with Gasteiger partial charge in [0.1, 0.15) is 5.69 Å². The van der Waals surface area contributed by atoms with Crippen molar-refractivity contribution in [3.8, 4) is 0 Å². The summed E-state index contributed by atoms with van der Waals surface area (Å²) in [7, 11) is 0. The molecule has 0 bridgehead atoms. The Hall–Kier alpha value is -1.96. The first kappa shape index (κ1) is 14.4. The van der Waals surface area contributed by atoms with Gasteiger partial charge in [-0.2, -0.15) is 0 Å². The molecule has 0 aliphatic carbocycles. The van der Waals surface area contributed by atoms with E-state index in [1.807, 2.05) is 0 Å². The number of hydrogen-bond donors (Lipinski definition) is 2. The van der Waals surface area contributed by atoms with E-state index in [9.17, 15) is 26.7 Å². The zero-order valence-electron chi connectivity index (χ0n) is 10.2. The van der Waals surface area contributed by atoms with Crippen LogP contribution in [-0.2, 0) is 4.79 Å². The normalized spacial score (nSPS) is 14.0. The maximum absolute atomic E-state index is 13.4. The Balaban J connectivity index is 2.37. The molecule has 0 aromatic heterocycles. The number of amides is 1. The van der Waals surface area contributed by atoms with Crippen molar-refractivity contribution in [3.63, 3.8) is 0 Å². The second-order valence-electron chi connectivity index (χ2n) is 4.23. The smallest absolute Gasteiger partial charge is 0.251 e. The summed E-state index contributed by atoms with van der Waals surface area (Å²) in [5.41, 5.74) is -0.474. The predicted molar refractivity (Wildman–Crippen MR) is 60.4 cm³/mol. The summed E-state index contributed by atoms with van der Waals surface area (Å²) in [5.74, 6) is -11.5. The topological polar surface area (TPSA) is 41.1 Å². The van der Waals surface area contributed by atoms with Gasteiger partial charge in [0, 0.05) is 18.7 Å². The fraction of sp³-hybridized carbons (Fsp3) is 0.250. The van der Waals surface area contributed by atoms with E-state index < -0.39 is 40.7 Å². The van der Waals surface area contributed by atoms with Crippen molar-refractivity contribution in [1.29, 1.82) is 0 Å². The highest BCUT2D eigenvalue weighted by molar-refractivity contribution is 6.04. The van der Waals surface area contributed by atoms with E-state index in [2.05, 4.69) is 5.32 Å². The van der Waals surface area contributed by atoms with Gasteiger partial charge in [-0.25, -0.2) is 22.0 Å². The summed E-state index contributed by atoms with van der Waals surface area (Å²) < 4.78 is 65.5. The Labute approximate surface area is 110 Å². The van der Waals surface area contributed by atoms with Gasteiger partial charge in [-0.15, -0.1) is 0 Å². The predicted octanol–water partition coefficient (Wildman–Crippen LogP) is 2.24. The summed E-state index contributed by atoms with van der Waals surface area (Å²) in [5, 5.41) is 4.57. The largest absolute Gasteiger partial charge is 0.317 e. The average molecular weight is 292 g/mol. The van der Waals surface area contributed by atoms with Crippen LogP contribution in [0.1, 0.15) is 6.92 Å². The minimum Gasteiger partial charge on any atom is -0.317 e. The molecule has 1 aromatic carbocycles. The van der Waals surface area contributed by atoms with Crippen molar-refractivity contribution >= 4 is 11.6 Å². The van der Waals surface area contributed by atoms with Crippen LogP contribution in [0.2, 0.25) is 0 Å². The molecule has 0 unspecified atom stereocenters. The number of carbonyl (C=O) groups is 1. The number of carbonyl (C=O) groups excluding carboxylic acids is 1. The van der Waals surface area contributed by atoms with Crippen LogP contribution in [0.4, 0.5) is 27.6 Å². The summed E-state index contributed by atoms with van der Waals surface area (Å²) in [6, 6.07) is 0. The number of benzene rings is 1. The summed E-state index contributed by atoms with van der Waals surface area (Å²) in [6.45, 7) is 2.28. The third-order valence-electron chi connectivity index (χ3n) is 3.00. The van der Waals surface area contributed by atoms with Gasteiger partial charge in [0.2, 0.25) is 5.82 Å². The SMILES string of the molecule is CC(C(=O)Nc1c(F)c(F)c(F)c(F)c1F)=C1CNC1. The van der Waals surface area contributed by atoms with E-state index >= 15 is 0 Å². The molecule has 3 nitrogen and oxygen atoms in total. The van der Waals surface area contributed by atoms with Crippen molar-refractivity contribution in [2.75, 3.05) is 18.4 Å². The lowest BCUT2D eigenvalue weighted by molar-refractivity contribution is -0.112. The van der Waals surface area contributed by atoms with Crippen molar-refractivity contribution in [2.24, 2.45) is 0 Å². The Bertz CT molecular complexity index is 592. The second-order valence-corrected chi connectivity index (χ2v) is 4.23. The minimum absolute atomic E-state index is 0.174. The van der Waals surface area contributed by atoms with Crippen LogP contribution in [0.3, 0.4) is 0 Å². The lowest BCUT2D eigenvalue weighted by atomic mass is 10.0. The quantitative estimate of drug-likeness (QED) is 0.380. The molecular formula is C12H9F5N2O. The third-order valence-corrected chi connectivity index (χ3v) is 3.00. The van der Waals surface area contributed by atoms with E-state index in [0.717, 1.165) is 0 Å². The third kappa shape index (κ3) is 2.26. The number of nitrogens with one attached hydrogen (secondary N) is 2. The molecule has 2 rings (SSSR count). The van der Waals surface area contributed by atoms with Gasteiger partial charge < -0.3 is 10.6 Å². The van der Waals surface area contributed by atoms with Crippen LogP contribution in [0.5, 0.6) is 0 Å². The van der Waals surface area contributed by atoms with E-state index in [1.54, 1.807) is 5.32 Å². The molecule has 1 aliphatic rings. The fourth-order valence-corrected chi connectivity index (χ4v) is 1.60. The monoisotopic (exact) mass is 292 g/mol. The van der Waals surface area contributed by atoms with Gasteiger partial charge in [-0.05, 0) is 12.5 Å². The highest BCUT2D eigenvalue weighted by atomic mass is 19.2. The van der Waals surface area contributed by atoms with Crippen LogP contribution >= 0.6 is 0 Å². The molecule has 1 amide bonds. The molecule has 1 heterocycles. The lowest BCUT2D eigenvalue weighted by Gasteiger charge is -2.21. The van der Waals surface area contributed by atoms with Crippen molar-refractivity contribution < 1.29 is 26.7 Å². The number of hydrogen-bond acceptors (Lipinski definition) is 2. The van der Waals surface area contributed by atoms with E-state index in [1.165, 1.54) is 6.92 Å². The van der Waals surface area contributed by atoms with Crippen molar-refractivity contribution in [3.05, 3.63) is 40.2 Å². The van der Waals surface area contributed by atoms with E-state index in [-0.39, 0.29) is 5.57 Å². The van der Waals surface area contributed by atoms with Crippen LogP contribution in [-0.4, -0.2) is 19.0 Å². The maximum atomic E-state index is 13.4. The highest BCUT2D eigenvalue weighted by Crippen LogP contribution is 2.27. The first-order valence-corrected chi connectivity index (χ1v) is 5.56. The molecular weight excluding hydrogens is 283 g/mol. The van der Waals surface area contributed by atoms with Gasteiger partial charge in [-0.3, -0.25) is 4.79 Å². The summed E-state index contributed by atoms with van der Waals surface area (Å²) >= 11 is 0. The van der Waals surface area contributed by atoms with Crippen LogP contribution in [0, 0.1) is 29.1 Å². The summed E-state index contributed by atoms with van der Waals surface area (Å²) in [4.78, 5) is 11.7. The summed E-state index contributed by atoms with van der Waals surface area (Å²) in [6.07, 6.45) is 0. The van der Waals surface area contributed by atoms with E-state index in [0.29, 0.717) is 18.7 Å². The number of halogens is 5. The molecule has 20 heavy (non-hydrogen) atoms. The number of rotatable bonds is 2. The van der Waals surface area contributed by atoms with Gasteiger partial charge >= 0.3 is 0 Å². The average Bonchev–Trinajstić information content (AvgIpc) is 2.36. The lowest BCUT2D eigenvalue weighted by Crippen LogP contribution is -2.36.